The van der Waals surface area contributed by atoms with Gasteiger partial charge in [0.2, 0.25) is 0 Å². The minimum absolute atomic E-state index is 0.830. The van der Waals surface area contributed by atoms with E-state index >= 15 is 0 Å². The molecule has 0 aliphatic carbocycles. The Morgan fingerprint density at radius 3 is 2.38 bits per heavy atom. The van der Waals surface area contributed by atoms with Gasteiger partial charge < -0.3 is 10.2 Å². The number of aliphatic imine (C=N–C) groups is 1. The lowest BCUT2D eigenvalue weighted by molar-refractivity contribution is 0.490. The third kappa shape index (κ3) is 4.76. The molecule has 0 aliphatic rings. The molecule has 0 rings (SSSR count). The number of guanidine groups is 1. The van der Waals surface area contributed by atoms with Gasteiger partial charge in [0, 0.05) is 19.6 Å². The van der Waals surface area contributed by atoms with Gasteiger partial charge in [-0.05, 0) is 27.2 Å². The summed E-state index contributed by atoms with van der Waals surface area (Å²) in [5.41, 5.74) is 0. The van der Waals surface area contributed by atoms with Crippen LogP contribution in [0.15, 0.2) is 4.99 Å². The molecule has 3 nitrogen and oxygen atoms in total. The predicted molar refractivity (Wildman–Crippen MR) is 58.6 cm³/mol. The molecular weight excluding hydrogens is 162 g/mol. The second kappa shape index (κ2) is 7.90. The normalized spacial score (nSPS) is 11.5. The Morgan fingerprint density at radius 1 is 1.31 bits per heavy atom. The average Bonchev–Trinajstić information content (AvgIpc) is 2.14. The molecule has 0 aromatic heterocycles. The summed E-state index contributed by atoms with van der Waals surface area (Å²) >= 11 is 0. The van der Waals surface area contributed by atoms with Gasteiger partial charge in [-0.15, -0.1) is 0 Å². The second-order valence-corrected chi connectivity index (χ2v) is 2.71. The number of hydrogen-bond donors (Lipinski definition) is 1. The van der Waals surface area contributed by atoms with E-state index in [4.69, 9.17) is 0 Å². The Morgan fingerprint density at radius 2 is 2.00 bits per heavy atom. The van der Waals surface area contributed by atoms with Crippen molar-refractivity contribution >= 4 is 5.96 Å². The van der Waals surface area contributed by atoms with Crippen molar-refractivity contribution in [3.8, 4) is 0 Å². The molecule has 0 bridgehead atoms. The second-order valence-electron chi connectivity index (χ2n) is 2.71. The van der Waals surface area contributed by atoms with Crippen molar-refractivity contribution in [1.82, 2.24) is 10.2 Å². The van der Waals surface area contributed by atoms with Crippen LogP contribution < -0.4 is 5.32 Å². The maximum atomic E-state index is 4.40. The smallest absolute Gasteiger partial charge is 0.194 e. The van der Waals surface area contributed by atoms with Crippen LogP contribution in [0.4, 0.5) is 0 Å². The largest absolute Gasteiger partial charge is 0.357 e. The van der Waals surface area contributed by atoms with Crippen LogP contribution in [0.25, 0.3) is 0 Å². The van der Waals surface area contributed by atoms with Crippen LogP contribution >= 0.6 is 0 Å². The monoisotopic (exact) mass is 184 g/mol. The van der Waals surface area contributed by atoms with E-state index < -0.39 is 0 Å². The molecule has 0 saturated heterocycles. The third-order valence-corrected chi connectivity index (χ3v) is 1.66. The maximum absolute atomic E-state index is 4.40. The Kier molecular flexibility index (Phi) is 7.45. The lowest BCUT2D eigenvalue weighted by atomic mass is 10.4. The maximum Gasteiger partial charge on any atom is 0.194 e. The Bertz CT molecular complexity index is 143. The molecule has 13 heavy (non-hydrogen) atoms. The van der Waals surface area contributed by atoms with Gasteiger partial charge in [0.1, 0.15) is 0 Å². The number of nitrogens with one attached hydrogen (secondary N) is 1. The first-order valence-corrected chi connectivity index (χ1v) is 5.18. The summed E-state index contributed by atoms with van der Waals surface area (Å²) < 4.78 is 0. The molecule has 0 spiro atoms. The lowest BCUT2D eigenvalue weighted by Gasteiger charge is -2.23. The van der Waals surface area contributed by atoms with E-state index in [1.807, 2.05) is 0 Å². The lowest BCUT2D eigenvalue weighted by Crippen LogP contribution is -2.39. The van der Waals surface area contributed by atoms with Crippen molar-refractivity contribution in [2.24, 2.45) is 4.99 Å². The van der Waals surface area contributed by atoms with Crippen molar-refractivity contribution < 1.29 is 0 Å². The van der Waals surface area contributed by atoms with Gasteiger partial charge in [-0.3, -0.25) is 4.99 Å². The summed E-state index contributed by atoms with van der Waals surface area (Å²) in [6.45, 7) is 13.3. The van der Waals surface area contributed by atoms with Gasteiger partial charge in [-0.25, -0.2) is 0 Å². The van der Waals surface area contributed by atoms with Crippen LogP contribution in [0, 0.1) is 6.54 Å². The summed E-state index contributed by atoms with van der Waals surface area (Å²) in [6.07, 6.45) is 1.04. The van der Waals surface area contributed by atoms with Crippen LogP contribution in [0.2, 0.25) is 0 Å². The van der Waals surface area contributed by atoms with E-state index in [0.29, 0.717) is 0 Å². The van der Waals surface area contributed by atoms with E-state index in [2.05, 4.69) is 49.4 Å². The van der Waals surface area contributed by atoms with E-state index in [9.17, 15) is 0 Å². The molecule has 0 heterocycles. The van der Waals surface area contributed by atoms with Gasteiger partial charge in [0.25, 0.3) is 0 Å². The molecule has 0 saturated carbocycles. The van der Waals surface area contributed by atoms with Crippen molar-refractivity contribution in [2.45, 2.75) is 34.1 Å². The molecule has 0 aromatic rings. The number of nitrogens with zero attached hydrogens (tertiary/aromatic N) is 2. The van der Waals surface area contributed by atoms with Gasteiger partial charge in [-0.2, -0.15) is 0 Å². The number of hydrogen-bond acceptors (Lipinski definition) is 1. The van der Waals surface area contributed by atoms with Crippen LogP contribution in [-0.4, -0.2) is 30.5 Å². The molecule has 0 unspecified atom stereocenters. The molecule has 77 valence electrons. The number of rotatable bonds is 5. The summed E-state index contributed by atoms with van der Waals surface area (Å²) in [5, 5.41) is 3.26. The molecular formula is C10H22N3. The first-order chi connectivity index (χ1) is 6.29. The average molecular weight is 184 g/mol. The van der Waals surface area contributed by atoms with Crippen molar-refractivity contribution in [3.63, 3.8) is 0 Å². The van der Waals surface area contributed by atoms with Crippen LogP contribution in [0.3, 0.4) is 0 Å². The Balaban J connectivity index is 4.20. The van der Waals surface area contributed by atoms with Gasteiger partial charge in [-0.1, -0.05) is 6.92 Å². The molecule has 0 amide bonds. The molecule has 0 aliphatic heterocycles. The summed E-state index contributed by atoms with van der Waals surface area (Å²) in [6, 6.07) is 0. The van der Waals surface area contributed by atoms with Gasteiger partial charge in [0.05, 0.1) is 6.54 Å². The topological polar surface area (TPSA) is 27.6 Å². The molecule has 1 radical (unpaired) electrons. The third-order valence-electron chi connectivity index (χ3n) is 1.66. The van der Waals surface area contributed by atoms with Crippen LogP contribution in [0.5, 0.6) is 0 Å². The first kappa shape index (κ1) is 12.3. The van der Waals surface area contributed by atoms with Crippen molar-refractivity contribution in [2.75, 3.05) is 19.6 Å². The van der Waals surface area contributed by atoms with Crippen molar-refractivity contribution in [1.29, 1.82) is 0 Å². The van der Waals surface area contributed by atoms with E-state index in [-0.39, 0.29) is 0 Å². The highest BCUT2D eigenvalue weighted by molar-refractivity contribution is 5.80. The molecule has 0 fully saturated rings. The predicted octanol–water partition coefficient (Wildman–Crippen LogP) is 1.87. The Labute approximate surface area is 82.2 Å². The molecule has 0 atom stereocenters. The zero-order chi connectivity index (χ0) is 10.1. The fourth-order valence-corrected chi connectivity index (χ4v) is 1.14. The van der Waals surface area contributed by atoms with Gasteiger partial charge in [0.15, 0.2) is 5.96 Å². The van der Waals surface area contributed by atoms with E-state index in [1.54, 1.807) is 0 Å². The Hall–Kier alpha value is -0.730. The minimum Gasteiger partial charge on any atom is -0.357 e. The fourth-order valence-electron chi connectivity index (χ4n) is 1.14. The summed E-state index contributed by atoms with van der Waals surface area (Å²) in [4.78, 5) is 6.56. The minimum atomic E-state index is 0.830. The molecule has 1 N–H and O–H groups in total. The zero-order valence-corrected chi connectivity index (χ0v) is 9.30. The standard InChI is InChI=1S/C10H22N3/c1-5-9-13(8-4)10(11-6-2)12-7-3/h9H,5-8H2,1-4H3,(H,11,12). The summed E-state index contributed by atoms with van der Waals surface area (Å²) in [5.74, 6) is 0.995. The van der Waals surface area contributed by atoms with Gasteiger partial charge >= 0.3 is 0 Å². The highest BCUT2D eigenvalue weighted by Gasteiger charge is 2.06. The van der Waals surface area contributed by atoms with Crippen molar-refractivity contribution in [3.05, 3.63) is 6.54 Å². The SMILES string of the molecule is CC[CH]N(CC)/C(=N/CC)NCC. The van der Waals surface area contributed by atoms with Crippen LogP contribution in [0.1, 0.15) is 34.1 Å². The zero-order valence-electron chi connectivity index (χ0n) is 9.30. The van der Waals surface area contributed by atoms with E-state index in [0.717, 1.165) is 32.0 Å². The fraction of sp³-hybridized carbons (Fsp3) is 0.800. The summed E-state index contributed by atoms with van der Waals surface area (Å²) in [7, 11) is 0. The molecule has 3 heteroatoms. The quantitative estimate of drug-likeness (QED) is 0.522. The highest BCUT2D eigenvalue weighted by Crippen LogP contribution is 1.97. The van der Waals surface area contributed by atoms with Crippen LogP contribution in [-0.2, 0) is 0 Å². The molecule has 0 aromatic carbocycles. The first-order valence-electron chi connectivity index (χ1n) is 5.18. The van der Waals surface area contributed by atoms with E-state index in [1.165, 1.54) is 0 Å². The highest BCUT2D eigenvalue weighted by atomic mass is 15.3.